The first kappa shape index (κ1) is 14.6. The van der Waals surface area contributed by atoms with E-state index in [4.69, 9.17) is 0 Å². The number of benzene rings is 1. The van der Waals surface area contributed by atoms with Crippen molar-refractivity contribution in [1.82, 2.24) is 20.4 Å². The van der Waals surface area contributed by atoms with Gasteiger partial charge < -0.3 is 15.7 Å². The largest absolute Gasteiger partial charge is 0.390 e. The van der Waals surface area contributed by atoms with Crippen LogP contribution < -0.4 is 10.6 Å². The Labute approximate surface area is 129 Å². The van der Waals surface area contributed by atoms with Crippen LogP contribution in [0.15, 0.2) is 42.7 Å². The quantitative estimate of drug-likeness (QED) is 0.727. The summed E-state index contributed by atoms with van der Waals surface area (Å²) in [5.74, 6) is 0. The van der Waals surface area contributed by atoms with Crippen molar-refractivity contribution in [3.05, 3.63) is 53.9 Å². The van der Waals surface area contributed by atoms with Gasteiger partial charge in [0.05, 0.1) is 12.1 Å². The van der Waals surface area contributed by atoms with Gasteiger partial charge >= 0.3 is 6.03 Å². The number of carbonyl (C=O) groups excluding carboxylic acids is 1. The molecular weight excluding hydrogens is 280 g/mol. The molecule has 116 valence electrons. The van der Waals surface area contributed by atoms with Crippen LogP contribution in [0.1, 0.15) is 23.6 Å². The van der Waals surface area contributed by atoms with E-state index in [1.165, 1.54) is 0 Å². The molecule has 1 aromatic heterocycles. The number of rotatable bonds is 5. The lowest BCUT2D eigenvalue weighted by molar-refractivity contribution is 0.142. The number of fused-ring (bicyclic) bond motifs is 1. The number of hydrogen-bond acceptors (Lipinski definition) is 3. The molecule has 3 N–H and O–H groups in total. The first-order chi connectivity index (χ1) is 10.7. The van der Waals surface area contributed by atoms with Gasteiger partial charge in [-0.15, -0.1) is 0 Å². The van der Waals surface area contributed by atoms with Crippen molar-refractivity contribution < 1.29 is 9.90 Å². The van der Waals surface area contributed by atoms with Gasteiger partial charge in [-0.1, -0.05) is 24.3 Å². The van der Waals surface area contributed by atoms with Gasteiger partial charge in [0.15, 0.2) is 0 Å². The molecule has 0 spiro atoms. The summed E-state index contributed by atoms with van der Waals surface area (Å²) in [5, 5.41) is 19.9. The summed E-state index contributed by atoms with van der Waals surface area (Å²) in [6.07, 6.45) is 4.46. The number of aromatic nitrogens is 2. The Bertz CT molecular complexity index is 627. The highest BCUT2D eigenvalue weighted by molar-refractivity contribution is 5.74. The third kappa shape index (κ3) is 3.28. The van der Waals surface area contributed by atoms with Crippen LogP contribution in [-0.2, 0) is 13.0 Å². The van der Waals surface area contributed by atoms with Crippen LogP contribution in [0, 0.1) is 0 Å². The van der Waals surface area contributed by atoms with Gasteiger partial charge in [0.2, 0.25) is 0 Å². The maximum atomic E-state index is 12.0. The topological polar surface area (TPSA) is 79.2 Å². The third-order valence-electron chi connectivity index (χ3n) is 3.90. The molecule has 2 aromatic rings. The number of aliphatic hydroxyl groups excluding tert-OH is 1. The average molecular weight is 300 g/mol. The smallest absolute Gasteiger partial charge is 0.315 e. The molecule has 2 unspecified atom stereocenters. The SMILES string of the molecule is O=C(NCCCn1cccn1)NC1c2ccccc2CC1O. The Hall–Kier alpha value is -2.34. The standard InChI is InChI=1S/C16H20N4O2/c21-14-11-12-5-1-2-6-13(12)15(14)19-16(22)17-7-3-9-20-10-4-8-18-20/h1-2,4-6,8,10,14-15,21H,3,7,9,11H2,(H2,17,19,22). The van der Waals surface area contributed by atoms with E-state index < -0.39 is 6.10 Å². The molecule has 22 heavy (non-hydrogen) atoms. The summed E-state index contributed by atoms with van der Waals surface area (Å²) in [4.78, 5) is 12.0. The zero-order chi connectivity index (χ0) is 15.4. The van der Waals surface area contributed by atoms with E-state index in [1.54, 1.807) is 6.20 Å². The number of nitrogens with one attached hydrogen (secondary N) is 2. The zero-order valence-electron chi connectivity index (χ0n) is 12.3. The number of aliphatic hydroxyl groups is 1. The van der Waals surface area contributed by atoms with Crippen LogP contribution in [-0.4, -0.2) is 33.6 Å². The minimum Gasteiger partial charge on any atom is -0.390 e. The van der Waals surface area contributed by atoms with Crippen molar-refractivity contribution in [3.63, 3.8) is 0 Å². The molecule has 1 heterocycles. The molecule has 1 aliphatic rings. The molecule has 6 heteroatoms. The minimum atomic E-state index is -0.563. The number of aryl methyl sites for hydroxylation is 1. The summed E-state index contributed by atoms with van der Waals surface area (Å²) in [5.41, 5.74) is 2.10. The lowest BCUT2D eigenvalue weighted by Gasteiger charge is -2.18. The second-order valence-corrected chi connectivity index (χ2v) is 5.47. The van der Waals surface area contributed by atoms with Gasteiger partial charge in [-0.3, -0.25) is 4.68 Å². The second kappa shape index (κ2) is 6.62. The Balaban J connectivity index is 1.46. The van der Waals surface area contributed by atoms with E-state index in [-0.39, 0.29) is 12.1 Å². The highest BCUT2D eigenvalue weighted by Gasteiger charge is 2.31. The summed E-state index contributed by atoms with van der Waals surface area (Å²) in [6, 6.07) is 9.11. The zero-order valence-corrected chi connectivity index (χ0v) is 12.3. The van der Waals surface area contributed by atoms with Crippen LogP contribution in [0.5, 0.6) is 0 Å². The lowest BCUT2D eigenvalue weighted by atomic mass is 10.1. The Morgan fingerprint density at radius 2 is 2.23 bits per heavy atom. The molecular formula is C16H20N4O2. The highest BCUT2D eigenvalue weighted by atomic mass is 16.3. The Morgan fingerprint density at radius 3 is 3.05 bits per heavy atom. The number of amides is 2. The van der Waals surface area contributed by atoms with Crippen molar-refractivity contribution in [2.45, 2.75) is 31.5 Å². The monoisotopic (exact) mass is 300 g/mol. The summed E-state index contributed by atoms with van der Waals surface area (Å²) in [6.45, 7) is 1.33. The maximum absolute atomic E-state index is 12.0. The second-order valence-electron chi connectivity index (χ2n) is 5.47. The fraction of sp³-hybridized carbons (Fsp3) is 0.375. The fourth-order valence-corrected chi connectivity index (χ4v) is 2.82. The first-order valence-electron chi connectivity index (χ1n) is 7.52. The van der Waals surface area contributed by atoms with Gasteiger partial charge in [-0.25, -0.2) is 4.79 Å². The lowest BCUT2D eigenvalue weighted by Crippen LogP contribution is -2.41. The van der Waals surface area contributed by atoms with E-state index >= 15 is 0 Å². The molecule has 0 aliphatic heterocycles. The van der Waals surface area contributed by atoms with Gasteiger partial charge in [0, 0.05) is 31.9 Å². The van der Waals surface area contributed by atoms with Gasteiger partial charge in [-0.05, 0) is 23.6 Å². The van der Waals surface area contributed by atoms with E-state index in [9.17, 15) is 9.90 Å². The van der Waals surface area contributed by atoms with E-state index in [2.05, 4.69) is 15.7 Å². The third-order valence-corrected chi connectivity index (χ3v) is 3.90. The van der Waals surface area contributed by atoms with E-state index in [0.29, 0.717) is 13.0 Å². The van der Waals surface area contributed by atoms with Crippen molar-refractivity contribution in [1.29, 1.82) is 0 Å². The van der Waals surface area contributed by atoms with E-state index in [1.807, 2.05) is 41.2 Å². The fourth-order valence-electron chi connectivity index (χ4n) is 2.82. The molecule has 0 saturated carbocycles. The molecule has 3 rings (SSSR count). The normalized spacial score (nSPS) is 19.7. The summed E-state index contributed by atoms with van der Waals surface area (Å²) in [7, 11) is 0. The minimum absolute atomic E-state index is 0.249. The number of hydrogen-bond donors (Lipinski definition) is 3. The van der Waals surface area contributed by atoms with Crippen LogP contribution in [0.4, 0.5) is 4.79 Å². The number of urea groups is 1. The molecule has 0 radical (unpaired) electrons. The predicted molar refractivity (Wildman–Crippen MR) is 82.3 cm³/mol. The molecule has 1 aromatic carbocycles. The number of carbonyl (C=O) groups is 1. The number of nitrogens with zero attached hydrogens (tertiary/aromatic N) is 2. The molecule has 0 bridgehead atoms. The van der Waals surface area contributed by atoms with Crippen LogP contribution in [0.3, 0.4) is 0 Å². The van der Waals surface area contributed by atoms with E-state index in [0.717, 1.165) is 24.1 Å². The first-order valence-corrected chi connectivity index (χ1v) is 7.52. The summed E-state index contributed by atoms with van der Waals surface area (Å²) >= 11 is 0. The molecule has 6 nitrogen and oxygen atoms in total. The van der Waals surface area contributed by atoms with Gasteiger partial charge in [0.25, 0.3) is 0 Å². The predicted octanol–water partition coefficient (Wildman–Crippen LogP) is 1.23. The molecule has 0 fully saturated rings. The molecule has 0 saturated heterocycles. The van der Waals surface area contributed by atoms with Crippen molar-refractivity contribution in [2.24, 2.45) is 0 Å². The highest BCUT2D eigenvalue weighted by Crippen LogP contribution is 2.30. The Morgan fingerprint density at radius 1 is 1.36 bits per heavy atom. The van der Waals surface area contributed by atoms with Crippen molar-refractivity contribution in [2.75, 3.05) is 6.54 Å². The van der Waals surface area contributed by atoms with Crippen LogP contribution in [0.2, 0.25) is 0 Å². The Kier molecular flexibility index (Phi) is 4.39. The van der Waals surface area contributed by atoms with Crippen LogP contribution in [0.25, 0.3) is 0 Å². The van der Waals surface area contributed by atoms with Crippen molar-refractivity contribution in [3.8, 4) is 0 Å². The average Bonchev–Trinajstić information content (AvgIpc) is 3.13. The van der Waals surface area contributed by atoms with Crippen LogP contribution >= 0.6 is 0 Å². The molecule has 2 atom stereocenters. The van der Waals surface area contributed by atoms with Crippen molar-refractivity contribution >= 4 is 6.03 Å². The van der Waals surface area contributed by atoms with Gasteiger partial charge in [0.1, 0.15) is 0 Å². The molecule has 1 aliphatic carbocycles. The molecule has 2 amide bonds. The maximum Gasteiger partial charge on any atom is 0.315 e. The van der Waals surface area contributed by atoms with Gasteiger partial charge in [-0.2, -0.15) is 5.10 Å². The summed E-state index contributed by atoms with van der Waals surface area (Å²) < 4.78 is 1.83.